The summed E-state index contributed by atoms with van der Waals surface area (Å²) in [6.45, 7) is 11.3. The number of nitrogens with one attached hydrogen (secondary N) is 1. The predicted molar refractivity (Wildman–Crippen MR) is 93.6 cm³/mol. The monoisotopic (exact) mass is 296 g/mol. The number of nitrogens with zero attached hydrogens (tertiary/aromatic N) is 1. The van der Waals surface area contributed by atoms with Crippen molar-refractivity contribution in [3.63, 3.8) is 0 Å². The van der Waals surface area contributed by atoms with Crippen molar-refractivity contribution in [2.75, 3.05) is 6.26 Å². The lowest BCUT2D eigenvalue weighted by molar-refractivity contribution is 0.267. The van der Waals surface area contributed by atoms with Gasteiger partial charge in [-0.15, -0.1) is 0 Å². The Morgan fingerprint density at radius 2 is 2.10 bits per heavy atom. The van der Waals surface area contributed by atoms with Gasteiger partial charge in [0.25, 0.3) is 0 Å². The molecule has 0 spiro atoms. The van der Waals surface area contributed by atoms with E-state index in [1.165, 1.54) is 19.3 Å². The first-order chi connectivity index (χ1) is 9.42. The summed E-state index contributed by atoms with van der Waals surface area (Å²) in [6, 6.07) is 0.453. The van der Waals surface area contributed by atoms with Gasteiger partial charge in [-0.3, -0.25) is 4.99 Å². The average Bonchev–Trinajstić information content (AvgIpc) is 2.43. The highest BCUT2D eigenvalue weighted by Crippen LogP contribution is 2.32. The van der Waals surface area contributed by atoms with Crippen LogP contribution in [0.3, 0.4) is 0 Å². The van der Waals surface area contributed by atoms with E-state index in [4.69, 9.17) is 4.99 Å². The summed E-state index contributed by atoms with van der Waals surface area (Å²) < 4.78 is 0. The number of hydrogen-bond donors (Lipinski definition) is 1. The molecule has 0 aromatic rings. The maximum Gasteiger partial charge on any atom is 0.156 e. The van der Waals surface area contributed by atoms with Crippen LogP contribution in [-0.4, -0.2) is 23.0 Å². The van der Waals surface area contributed by atoms with E-state index in [1.807, 2.05) is 0 Å². The summed E-state index contributed by atoms with van der Waals surface area (Å²) in [4.78, 5) is 4.88. The van der Waals surface area contributed by atoms with Crippen molar-refractivity contribution in [3.8, 4) is 0 Å². The molecule has 0 bridgehead atoms. The average molecular weight is 297 g/mol. The van der Waals surface area contributed by atoms with Gasteiger partial charge in [-0.05, 0) is 65.0 Å². The van der Waals surface area contributed by atoms with Crippen LogP contribution in [0, 0.1) is 5.92 Å². The van der Waals surface area contributed by atoms with E-state index in [2.05, 4.69) is 52.3 Å². The molecule has 3 heteroatoms. The SMILES string of the molecule is CCC(CC)N=C(NC(C)(C)[C@H]1CC=C(C)CC1)SC. The van der Waals surface area contributed by atoms with Gasteiger partial charge in [0.1, 0.15) is 0 Å². The molecular weight excluding hydrogens is 264 g/mol. The van der Waals surface area contributed by atoms with E-state index < -0.39 is 0 Å². The van der Waals surface area contributed by atoms with Crippen LogP contribution < -0.4 is 5.32 Å². The van der Waals surface area contributed by atoms with E-state index in [9.17, 15) is 0 Å². The van der Waals surface area contributed by atoms with E-state index in [0.717, 1.165) is 18.0 Å². The van der Waals surface area contributed by atoms with Gasteiger partial charge in [0.15, 0.2) is 5.17 Å². The van der Waals surface area contributed by atoms with Crippen LogP contribution in [0.1, 0.15) is 66.7 Å². The van der Waals surface area contributed by atoms with Crippen LogP contribution in [0.5, 0.6) is 0 Å². The number of aliphatic imine (C=N–C) groups is 1. The summed E-state index contributed by atoms with van der Waals surface area (Å²) in [5.41, 5.74) is 1.67. The number of rotatable bonds is 5. The Hall–Kier alpha value is -0.440. The molecule has 0 unspecified atom stereocenters. The molecule has 0 radical (unpaired) electrons. The van der Waals surface area contributed by atoms with Gasteiger partial charge in [0.05, 0.1) is 6.04 Å². The maximum atomic E-state index is 4.88. The highest BCUT2D eigenvalue weighted by molar-refractivity contribution is 8.13. The summed E-state index contributed by atoms with van der Waals surface area (Å²) >= 11 is 1.74. The first kappa shape index (κ1) is 17.6. The highest BCUT2D eigenvalue weighted by Gasteiger charge is 2.30. The fraction of sp³-hybridized carbons (Fsp3) is 0.824. The van der Waals surface area contributed by atoms with Crippen LogP contribution in [-0.2, 0) is 0 Å². The molecule has 1 aliphatic carbocycles. The van der Waals surface area contributed by atoms with E-state index >= 15 is 0 Å². The van der Waals surface area contributed by atoms with Crippen LogP contribution in [0.25, 0.3) is 0 Å². The topological polar surface area (TPSA) is 24.4 Å². The quantitative estimate of drug-likeness (QED) is 0.438. The van der Waals surface area contributed by atoms with Crippen LogP contribution in [0.2, 0.25) is 0 Å². The molecule has 0 saturated carbocycles. The molecule has 1 aliphatic rings. The molecule has 116 valence electrons. The largest absolute Gasteiger partial charge is 0.360 e. The van der Waals surface area contributed by atoms with Gasteiger partial charge < -0.3 is 5.32 Å². The van der Waals surface area contributed by atoms with Crippen molar-refractivity contribution in [2.24, 2.45) is 10.9 Å². The molecule has 20 heavy (non-hydrogen) atoms. The lowest BCUT2D eigenvalue weighted by Gasteiger charge is -2.38. The van der Waals surface area contributed by atoms with Crippen molar-refractivity contribution >= 4 is 16.9 Å². The normalized spacial score (nSPS) is 21.1. The molecule has 1 N–H and O–H groups in total. The Bertz CT molecular complexity index is 354. The number of thioether (sulfide) groups is 1. The number of allylic oxidation sites excluding steroid dienone is 2. The molecule has 0 saturated heterocycles. The van der Waals surface area contributed by atoms with Crippen molar-refractivity contribution in [1.82, 2.24) is 5.32 Å². The first-order valence-corrected chi connectivity index (χ1v) is 9.21. The minimum absolute atomic E-state index is 0.116. The Morgan fingerprint density at radius 3 is 2.55 bits per heavy atom. The highest BCUT2D eigenvalue weighted by atomic mass is 32.2. The third-order valence-electron chi connectivity index (χ3n) is 4.52. The van der Waals surface area contributed by atoms with Crippen LogP contribution in [0.15, 0.2) is 16.6 Å². The fourth-order valence-electron chi connectivity index (χ4n) is 2.77. The summed E-state index contributed by atoms with van der Waals surface area (Å²) in [5, 5.41) is 4.82. The summed E-state index contributed by atoms with van der Waals surface area (Å²) in [5.74, 6) is 0.699. The molecule has 0 aromatic heterocycles. The minimum Gasteiger partial charge on any atom is -0.360 e. The molecule has 0 fully saturated rings. The second-order valence-electron chi connectivity index (χ2n) is 6.48. The van der Waals surface area contributed by atoms with Gasteiger partial charge in [-0.25, -0.2) is 0 Å². The minimum atomic E-state index is 0.116. The van der Waals surface area contributed by atoms with Crippen LogP contribution >= 0.6 is 11.8 Å². The third-order valence-corrected chi connectivity index (χ3v) is 5.12. The molecule has 0 amide bonds. The molecule has 1 atom stereocenters. The Kier molecular flexibility index (Phi) is 7.14. The zero-order valence-corrected chi connectivity index (χ0v) is 14.9. The fourth-order valence-corrected chi connectivity index (χ4v) is 3.39. The zero-order valence-electron chi connectivity index (χ0n) is 14.1. The lowest BCUT2D eigenvalue weighted by Crippen LogP contribution is -2.48. The first-order valence-electron chi connectivity index (χ1n) is 7.98. The molecule has 0 aliphatic heterocycles. The zero-order chi connectivity index (χ0) is 15.2. The van der Waals surface area contributed by atoms with Crippen molar-refractivity contribution in [2.45, 2.75) is 78.3 Å². The smallest absolute Gasteiger partial charge is 0.156 e. The van der Waals surface area contributed by atoms with Gasteiger partial charge >= 0.3 is 0 Å². The second-order valence-corrected chi connectivity index (χ2v) is 7.27. The Morgan fingerprint density at radius 1 is 1.45 bits per heavy atom. The Labute approximate surface area is 129 Å². The molecule has 0 heterocycles. The van der Waals surface area contributed by atoms with Gasteiger partial charge in [-0.2, -0.15) is 0 Å². The predicted octanol–water partition coefficient (Wildman–Crippen LogP) is 5.01. The summed E-state index contributed by atoms with van der Waals surface area (Å²) in [6.07, 6.45) is 10.5. The molecule has 2 nitrogen and oxygen atoms in total. The standard InChI is InChI=1S/C17H32N2S/c1-7-15(8-2)18-16(20-6)19-17(4,5)14-11-9-13(3)10-12-14/h9,14-15H,7-8,10-12H2,1-6H3,(H,18,19)/t14-/m0/s1. The lowest BCUT2D eigenvalue weighted by atomic mass is 9.78. The van der Waals surface area contributed by atoms with Crippen LogP contribution in [0.4, 0.5) is 0 Å². The number of hydrogen-bond acceptors (Lipinski definition) is 2. The molecule has 1 rings (SSSR count). The van der Waals surface area contributed by atoms with Crippen molar-refractivity contribution in [3.05, 3.63) is 11.6 Å². The van der Waals surface area contributed by atoms with E-state index in [-0.39, 0.29) is 5.54 Å². The third kappa shape index (κ3) is 5.16. The van der Waals surface area contributed by atoms with Crippen molar-refractivity contribution in [1.29, 1.82) is 0 Å². The Balaban J connectivity index is 2.72. The maximum absolute atomic E-state index is 4.88. The number of amidine groups is 1. The molecule has 0 aromatic carbocycles. The van der Waals surface area contributed by atoms with E-state index in [0.29, 0.717) is 12.0 Å². The van der Waals surface area contributed by atoms with E-state index in [1.54, 1.807) is 17.3 Å². The van der Waals surface area contributed by atoms with Gasteiger partial charge in [0.2, 0.25) is 0 Å². The van der Waals surface area contributed by atoms with Crippen molar-refractivity contribution < 1.29 is 0 Å². The summed E-state index contributed by atoms with van der Waals surface area (Å²) in [7, 11) is 0. The van der Waals surface area contributed by atoms with Gasteiger partial charge in [-0.1, -0.05) is 37.3 Å². The van der Waals surface area contributed by atoms with Gasteiger partial charge in [0, 0.05) is 5.54 Å². The molecular formula is C17H32N2S. The second kappa shape index (κ2) is 8.11.